The van der Waals surface area contributed by atoms with Crippen molar-refractivity contribution in [3.8, 4) is 0 Å². The molecule has 0 saturated heterocycles. The molecular formula is C11H13N. The van der Waals surface area contributed by atoms with Gasteiger partial charge in [-0.3, -0.25) is 0 Å². The first-order valence-corrected chi connectivity index (χ1v) is 3.89. The standard InChI is InChI=1S/C11H13N/c1-11-7-3-5-9-12(2)10-6-4-8-11/h3-10H,1H2,2H3/b7-3-,8-4?,9-5-,10-6-. The monoisotopic (exact) mass is 159 g/mol. The second-order valence-electron chi connectivity index (χ2n) is 2.64. The zero-order valence-corrected chi connectivity index (χ0v) is 7.27. The van der Waals surface area contributed by atoms with Gasteiger partial charge in [-0.25, -0.2) is 0 Å². The normalized spacial score (nSPS) is 25.1. The Balaban J connectivity index is 2.77. The molecule has 0 N–H and O–H groups in total. The van der Waals surface area contributed by atoms with E-state index in [1.165, 1.54) is 0 Å². The summed E-state index contributed by atoms with van der Waals surface area (Å²) in [5.74, 6) is 0. The largest absolute Gasteiger partial charge is 0.357 e. The van der Waals surface area contributed by atoms with Crippen molar-refractivity contribution in [2.75, 3.05) is 7.05 Å². The molecule has 0 aromatic heterocycles. The molecule has 0 fully saturated rings. The van der Waals surface area contributed by atoms with Gasteiger partial charge in [-0.1, -0.05) is 30.9 Å². The van der Waals surface area contributed by atoms with Gasteiger partial charge in [0.25, 0.3) is 0 Å². The second-order valence-corrected chi connectivity index (χ2v) is 2.64. The lowest BCUT2D eigenvalue weighted by molar-refractivity contribution is 0.626. The minimum atomic E-state index is 1.01. The van der Waals surface area contributed by atoms with E-state index in [0.717, 1.165) is 5.57 Å². The smallest absolute Gasteiger partial charge is 0.0106 e. The molecule has 0 radical (unpaired) electrons. The van der Waals surface area contributed by atoms with E-state index in [1.54, 1.807) is 0 Å². The van der Waals surface area contributed by atoms with Gasteiger partial charge in [0.05, 0.1) is 0 Å². The van der Waals surface area contributed by atoms with E-state index in [0.29, 0.717) is 0 Å². The highest BCUT2D eigenvalue weighted by Crippen LogP contribution is 1.98. The Bertz CT molecular complexity index is 241. The van der Waals surface area contributed by atoms with E-state index in [4.69, 9.17) is 0 Å². The molecule has 1 rings (SSSR count). The molecule has 1 nitrogen and oxygen atoms in total. The molecule has 0 spiro atoms. The van der Waals surface area contributed by atoms with Crippen molar-refractivity contribution in [2.45, 2.75) is 0 Å². The first kappa shape index (κ1) is 8.60. The Kier molecular flexibility index (Phi) is 3.15. The van der Waals surface area contributed by atoms with Crippen LogP contribution in [0.5, 0.6) is 0 Å². The molecule has 0 saturated carbocycles. The summed E-state index contributed by atoms with van der Waals surface area (Å²) in [5, 5.41) is 0. The molecule has 12 heavy (non-hydrogen) atoms. The number of hydrogen-bond acceptors (Lipinski definition) is 1. The van der Waals surface area contributed by atoms with Crippen molar-refractivity contribution < 1.29 is 0 Å². The molecule has 0 aliphatic carbocycles. The third-order valence-corrected chi connectivity index (χ3v) is 1.49. The molecule has 0 unspecified atom stereocenters. The summed E-state index contributed by atoms with van der Waals surface area (Å²) in [6.45, 7) is 3.85. The minimum absolute atomic E-state index is 1.01. The lowest BCUT2D eigenvalue weighted by Crippen LogP contribution is -1.98. The summed E-state index contributed by atoms with van der Waals surface area (Å²) in [6, 6.07) is 0. The van der Waals surface area contributed by atoms with Crippen molar-refractivity contribution in [3.63, 3.8) is 0 Å². The number of nitrogens with zero attached hydrogens (tertiary/aromatic N) is 1. The average molecular weight is 159 g/mol. The van der Waals surface area contributed by atoms with Gasteiger partial charge in [0, 0.05) is 19.4 Å². The van der Waals surface area contributed by atoms with Crippen molar-refractivity contribution in [1.82, 2.24) is 4.90 Å². The minimum Gasteiger partial charge on any atom is -0.357 e. The van der Waals surface area contributed by atoms with Crippen LogP contribution in [0.3, 0.4) is 0 Å². The Morgan fingerprint density at radius 1 is 1.00 bits per heavy atom. The van der Waals surface area contributed by atoms with Crippen LogP contribution in [0.4, 0.5) is 0 Å². The zero-order valence-electron chi connectivity index (χ0n) is 7.27. The third-order valence-electron chi connectivity index (χ3n) is 1.49. The Hall–Kier alpha value is -1.50. The van der Waals surface area contributed by atoms with Gasteiger partial charge in [-0.2, -0.15) is 0 Å². The van der Waals surface area contributed by atoms with Gasteiger partial charge in [0.1, 0.15) is 0 Å². The van der Waals surface area contributed by atoms with E-state index in [9.17, 15) is 0 Å². The van der Waals surface area contributed by atoms with Gasteiger partial charge < -0.3 is 4.90 Å². The Morgan fingerprint density at radius 3 is 2.00 bits per heavy atom. The summed E-state index contributed by atoms with van der Waals surface area (Å²) in [7, 11) is 1.99. The van der Waals surface area contributed by atoms with Gasteiger partial charge in [0.2, 0.25) is 0 Å². The van der Waals surface area contributed by atoms with Crippen molar-refractivity contribution in [1.29, 1.82) is 0 Å². The highest BCUT2D eigenvalue weighted by atomic mass is 15.0. The van der Waals surface area contributed by atoms with Gasteiger partial charge in [-0.05, 0) is 17.7 Å². The van der Waals surface area contributed by atoms with Crippen LogP contribution in [-0.4, -0.2) is 11.9 Å². The van der Waals surface area contributed by atoms with Crippen LogP contribution in [-0.2, 0) is 0 Å². The number of allylic oxidation sites excluding steroid dienone is 7. The van der Waals surface area contributed by atoms with Crippen LogP contribution in [0.25, 0.3) is 0 Å². The van der Waals surface area contributed by atoms with E-state index in [2.05, 4.69) is 6.58 Å². The molecule has 1 heterocycles. The lowest BCUT2D eigenvalue weighted by Gasteiger charge is -2.05. The van der Waals surface area contributed by atoms with E-state index in [1.807, 2.05) is 60.8 Å². The van der Waals surface area contributed by atoms with Gasteiger partial charge >= 0.3 is 0 Å². The van der Waals surface area contributed by atoms with Gasteiger partial charge in [-0.15, -0.1) is 0 Å². The highest BCUT2D eigenvalue weighted by Gasteiger charge is 1.82. The quantitative estimate of drug-likeness (QED) is 0.525. The van der Waals surface area contributed by atoms with Crippen LogP contribution in [0.1, 0.15) is 0 Å². The van der Waals surface area contributed by atoms with Crippen LogP contribution >= 0.6 is 0 Å². The molecule has 1 aliphatic rings. The fraction of sp³-hybridized carbons (Fsp3) is 0.0909. The Labute approximate surface area is 73.7 Å². The summed E-state index contributed by atoms with van der Waals surface area (Å²) < 4.78 is 0. The van der Waals surface area contributed by atoms with Crippen LogP contribution in [0.2, 0.25) is 0 Å². The van der Waals surface area contributed by atoms with Crippen LogP contribution in [0.15, 0.2) is 61.0 Å². The van der Waals surface area contributed by atoms with Crippen LogP contribution in [0, 0.1) is 0 Å². The molecule has 0 aromatic carbocycles. The maximum Gasteiger partial charge on any atom is 0.0106 e. The molecule has 0 amide bonds. The van der Waals surface area contributed by atoms with Gasteiger partial charge in [0.15, 0.2) is 0 Å². The fourth-order valence-corrected chi connectivity index (χ4v) is 0.834. The summed E-state index contributed by atoms with van der Waals surface area (Å²) in [6.07, 6.45) is 15.8. The summed E-state index contributed by atoms with van der Waals surface area (Å²) >= 11 is 0. The average Bonchev–Trinajstić information content (AvgIpc) is 2.06. The fourth-order valence-electron chi connectivity index (χ4n) is 0.834. The molecule has 1 aliphatic heterocycles. The molecular weight excluding hydrogens is 146 g/mol. The molecule has 0 aromatic rings. The topological polar surface area (TPSA) is 3.24 Å². The van der Waals surface area contributed by atoms with Crippen molar-refractivity contribution in [3.05, 3.63) is 61.0 Å². The number of hydrogen-bond donors (Lipinski definition) is 0. The first-order valence-electron chi connectivity index (χ1n) is 3.89. The Morgan fingerprint density at radius 2 is 1.50 bits per heavy atom. The van der Waals surface area contributed by atoms with Crippen molar-refractivity contribution in [2.24, 2.45) is 0 Å². The molecule has 62 valence electrons. The van der Waals surface area contributed by atoms with Crippen LogP contribution < -0.4 is 0 Å². The SMILES string of the molecule is C=C1C=C/C=C\N(C)/C=C\C=C/1. The van der Waals surface area contributed by atoms with E-state index in [-0.39, 0.29) is 0 Å². The second kappa shape index (κ2) is 4.39. The summed E-state index contributed by atoms with van der Waals surface area (Å²) in [4.78, 5) is 1.99. The predicted octanol–water partition coefficient (Wildman–Crippen LogP) is 2.63. The zero-order chi connectivity index (χ0) is 8.81. The summed E-state index contributed by atoms with van der Waals surface area (Å²) in [5.41, 5.74) is 1.01. The first-order chi connectivity index (χ1) is 5.79. The lowest BCUT2D eigenvalue weighted by atomic mass is 10.2. The predicted molar refractivity (Wildman–Crippen MR) is 53.5 cm³/mol. The maximum absolute atomic E-state index is 3.85. The van der Waals surface area contributed by atoms with Crippen molar-refractivity contribution >= 4 is 0 Å². The molecule has 1 heteroatoms. The van der Waals surface area contributed by atoms with E-state index < -0.39 is 0 Å². The number of rotatable bonds is 0. The van der Waals surface area contributed by atoms with E-state index >= 15 is 0 Å². The maximum atomic E-state index is 3.85. The molecule has 0 atom stereocenters. The third kappa shape index (κ3) is 3.06. The highest BCUT2D eigenvalue weighted by molar-refractivity contribution is 5.31. The molecule has 0 bridgehead atoms.